The highest BCUT2D eigenvalue weighted by Crippen LogP contribution is 2.24. The van der Waals surface area contributed by atoms with Crippen molar-refractivity contribution >= 4 is 11.8 Å². The largest absolute Gasteiger partial charge is 0.469 e. The maximum Gasteiger partial charge on any atom is 0.309 e. The number of ether oxygens (including phenoxy) is 2. The van der Waals surface area contributed by atoms with E-state index < -0.39 is 0 Å². The van der Waals surface area contributed by atoms with Gasteiger partial charge in [0.15, 0.2) is 11.5 Å². The lowest BCUT2D eigenvalue weighted by Crippen LogP contribution is -2.04. The second-order valence-electron chi connectivity index (χ2n) is 4.17. The second-order valence-corrected chi connectivity index (χ2v) is 4.17. The molecule has 0 radical (unpaired) electrons. The van der Waals surface area contributed by atoms with Gasteiger partial charge in [-0.15, -0.1) is 0 Å². The lowest BCUT2D eigenvalue weighted by molar-refractivity contribution is -0.139. The van der Waals surface area contributed by atoms with Crippen molar-refractivity contribution in [1.82, 2.24) is 0 Å². The minimum atomic E-state index is -0.296. The molecule has 0 saturated heterocycles. The number of ketones is 1. The molecule has 0 aliphatic rings. The summed E-state index contributed by atoms with van der Waals surface area (Å²) in [6.45, 7) is 1.42. The van der Waals surface area contributed by atoms with Crippen LogP contribution in [0, 0.1) is 0 Å². The second kappa shape index (κ2) is 6.06. The van der Waals surface area contributed by atoms with Crippen molar-refractivity contribution in [2.75, 3.05) is 7.11 Å². The van der Waals surface area contributed by atoms with Gasteiger partial charge >= 0.3 is 5.97 Å². The van der Waals surface area contributed by atoms with Gasteiger partial charge in [-0.25, -0.2) is 0 Å². The number of esters is 1. The highest BCUT2D eigenvalue weighted by molar-refractivity contribution is 5.91. The van der Waals surface area contributed by atoms with E-state index >= 15 is 0 Å². The van der Waals surface area contributed by atoms with E-state index in [0.29, 0.717) is 5.75 Å². The standard InChI is InChI=1S/C15H14O5/c1-10(16)13-7-8-15(20-13)19-12-5-3-11(4-6-12)9-14(17)18-2/h3-8H,9H2,1-2H3. The lowest BCUT2D eigenvalue weighted by atomic mass is 10.1. The zero-order valence-corrected chi connectivity index (χ0v) is 11.2. The maximum atomic E-state index is 11.1. The Morgan fingerprint density at radius 2 is 1.80 bits per heavy atom. The van der Waals surface area contributed by atoms with E-state index in [1.54, 1.807) is 36.4 Å². The summed E-state index contributed by atoms with van der Waals surface area (Å²) in [5.74, 6) is 0.602. The molecule has 0 atom stereocenters. The number of furan rings is 1. The number of hydrogen-bond donors (Lipinski definition) is 0. The summed E-state index contributed by atoms with van der Waals surface area (Å²) in [7, 11) is 1.35. The molecule has 5 heteroatoms. The fourth-order valence-corrected chi connectivity index (χ4v) is 1.59. The van der Waals surface area contributed by atoms with E-state index in [1.807, 2.05) is 0 Å². The van der Waals surface area contributed by atoms with Gasteiger partial charge in [-0.2, -0.15) is 0 Å². The Balaban J connectivity index is 2.02. The number of benzene rings is 1. The van der Waals surface area contributed by atoms with Crippen LogP contribution in [0.4, 0.5) is 0 Å². The first-order chi connectivity index (χ1) is 9.58. The van der Waals surface area contributed by atoms with E-state index in [1.165, 1.54) is 14.0 Å². The molecule has 0 spiro atoms. The number of carbonyl (C=O) groups excluding carboxylic acids is 2. The first kappa shape index (κ1) is 13.9. The van der Waals surface area contributed by atoms with Crippen molar-refractivity contribution in [2.24, 2.45) is 0 Å². The molecule has 1 aromatic carbocycles. The van der Waals surface area contributed by atoms with Crippen LogP contribution in [0.2, 0.25) is 0 Å². The Kier molecular flexibility index (Phi) is 4.20. The zero-order valence-electron chi connectivity index (χ0n) is 11.2. The van der Waals surface area contributed by atoms with E-state index in [9.17, 15) is 9.59 Å². The third-order valence-corrected chi connectivity index (χ3v) is 2.65. The molecule has 0 N–H and O–H groups in total. The summed E-state index contributed by atoms with van der Waals surface area (Å²) < 4.78 is 15.3. The van der Waals surface area contributed by atoms with Crippen molar-refractivity contribution in [3.8, 4) is 11.7 Å². The van der Waals surface area contributed by atoms with Gasteiger partial charge in [-0.3, -0.25) is 9.59 Å². The summed E-state index contributed by atoms with van der Waals surface area (Å²) in [5, 5.41) is 0. The average Bonchev–Trinajstić information content (AvgIpc) is 2.89. The molecule has 0 aliphatic heterocycles. The van der Waals surface area contributed by atoms with Crippen LogP contribution in [0.15, 0.2) is 40.8 Å². The fraction of sp³-hybridized carbons (Fsp3) is 0.200. The predicted molar refractivity (Wildman–Crippen MR) is 70.9 cm³/mol. The summed E-state index contributed by atoms with van der Waals surface area (Å²) in [5.41, 5.74) is 0.827. The Morgan fingerprint density at radius 3 is 2.35 bits per heavy atom. The quantitative estimate of drug-likeness (QED) is 0.619. The highest BCUT2D eigenvalue weighted by Gasteiger charge is 2.08. The smallest absolute Gasteiger partial charge is 0.309 e. The monoisotopic (exact) mass is 274 g/mol. The molecule has 0 amide bonds. The molecular formula is C15H14O5. The Bertz CT molecular complexity index is 609. The third kappa shape index (κ3) is 3.47. The van der Waals surface area contributed by atoms with Gasteiger partial charge in [-0.05, 0) is 23.8 Å². The highest BCUT2D eigenvalue weighted by atomic mass is 16.6. The molecule has 1 heterocycles. The summed E-state index contributed by atoms with van der Waals surface area (Å²) in [4.78, 5) is 22.2. The molecule has 0 fully saturated rings. The molecule has 5 nitrogen and oxygen atoms in total. The van der Waals surface area contributed by atoms with E-state index in [4.69, 9.17) is 9.15 Å². The topological polar surface area (TPSA) is 65.7 Å². The van der Waals surface area contributed by atoms with Crippen LogP contribution in [-0.4, -0.2) is 18.9 Å². The molecule has 104 valence electrons. The van der Waals surface area contributed by atoms with E-state index in [2.05, 4.69) is 4.74 Å². The number of Topliss-reactive ketones (excluding diaryl/α,β-unsaturated/α-hetero) is 1. The third-order valence-electron chi connectivity index (χ3n) is 2.65. The molecule has 0 bridgehead atoms. The van der Waals surface area contributed by atoms with Gasteiger partial charge in [0.25, 0.3) is 5.95 Å². The van der Waals surface area contributed by atoms with Crippen LogP contribution in [-0.2, 0) is 16.0 Å². The van der Waals surface area contributed by atoms with Crippen LogP contribution in [0.25, 0.3) is 0 Å². The van der Waals surface area contributed by atoms with Gasteiger partial charge in [0, 0.05) is 13.0 Å². The van der Waals surface area contributed by atoms with Crippen molar-refractivity contribution in [2.45, 2.75) is 13.3 Å². The predicted octanol–water partition coefficient (Wildman–Crippen LogP) is 2.99. The molecule has 0 saturated carbocycles. The minimum absolute atomic E-state index is 0.159. The Hall–Kier alpha value is -2.56. The van der Waals surface area contributed by atoms with Crippen molar-refractivity contribution in [3.05, 3.63) is 47.7 Å². The van der Waals surface area contributed by atoms with Crippen molar-refractivity contribution < 1.29 is 23.5 Å². The molecule has 20 heavy (non-hydrogen) atoms. The van der Waals surface area contributed by atoms with Crippen LogP contribution >= 0.6 is 0 Å². The number of methoxy groups -OCH3 is 1. The Morgan fingerprint density at radius 1 is 1.10 bits per heavy atom. The van der Waals surface area contributed by atoms with Crippen LogP contribution < -0.4 is 4.74 Å². The molecule has 2 rings (SSSR count). The van der Waals surface area contributed by atoms with Crippen LogP contribution in [0.5, 0.6) is 11.7 Å². The molecule has 1 aromatic heterocycles. The summed E-state index contributed by atoms with van der Waals surface area (Å²) >= 11 is 0. The lowest BCUT2D eigenvalue weighted by Gasteiger charge is -2.03. The number of carbonyl (C=O) groups is 2. The van der Waals surface area contributed by atoms with E-state index in [-0.39, 0.29) is 29.9 Å². The SMILES string of the molecule is COC(=O)Cc1ccc(Oc2ccc(C(C)=O)o2)cc1. The molecular weight excluding hydrogens is 260 g/mol. The van der Waals surface area contributed by atoms with Gasteiger partial charge in [0.2, 0.25) is 0 Å². The Labute approximate surface area is 116 Å². The van der Waals surface area contributed by atoms with Crippen molar-refractivity contribution in [1.29, 1.82) is 0 Å². The van der Waals surface area contributed by atoms with Gasteiger partial charge in [0.1, 0.15) is 5.75 Å². The summed E-state index contributed by atoms with van der Waals surface area (Å²) in [6, 6.07) is 10.1. The van der Waals surface area contributed by atoms with Gasteiger partial charge in [0.05, 0.1) is 13.5 Å². The van der Waals surface area contributed by atoms with Gasteiger partial charge in [-0.1, -0.05) is 12.1 Å². The molecule has 0 unspecified atom stereocenters. The summed E-state index contributed by atoms with van der Waals surface area (Å²) in [6.07, 6.45) is 0.214. The van der Waals surface area contributed by atoms with Crippen LogP contribution in [0.3, 0.4) is 0 Å². The number of hydrogen-bond acceptors (Lipinski definition) is 5. The average molecular weight is 274 g/mol. The zero-order chi connectivity index (χ0) is 14.5. The maximum absolute atomic E-state index is 11.1. The first-order valence-corrected chi connectivity index (χ1v) is 6.03. The van der Waals surface area contributed by atoms with E-state index in [0.717, 1.165) is 5.56 Å². The van der Waals surface area contributed by atoms with Gasteiger partial charge < -0.3 is 13.9 Å². The number of rotatable bonds is 5. The minimum Gasteiger partial charge on any atom is -0.469 e. The van der Waals surface area contributed by atoms with Crippen LogP contribution in [0.1, 0.15) is 23.0 Å². The van der Waals surface area contributed by atoms with Crippen molar-refractivity contribution in [3.63, 3.8) is 0 Å². The molecule has 2 aromatic rings. The fourth-order valence-electron chi connectivity index (χ4n) is 1.59. The molecule has 0 aliphatic carbocycles. The normalized spacial score (nSPS) is 10.1. The first-order valence-electron chi connectivity index (χ1n) is 6.03.